The third-order valence-corrected chi connectivity index (χ3v) is 9.06. The predicted molar refractivity (Wildman–Crippen MR) is 149 cm³/mol. The Bertz CT molecular complexity index is 1180. The lowest BCUT2D eigenvalue weighted by Gasteiger charge is -2.53. The molecule has 1 amide bonds. The fourth-order valence-electron chi connectivity index (χ4n) is 5.22. The number of nitrogens with one attached hydrogen (secondary N) is 1. The van der Waals surface area contributed by atoms with E-state index < -0.39 is 15.4 Å². The number of amides is 1. The summed E-state index contributed by atoms with van der Waals surface area (Å²) in [5.41, 5.74) is 1.28. The third kappa shape index (κ3) is 6.34. The van der Waals surface area contributed by atoms with E-state index in [1.807, 2.05) is 74.2 Å². The monoisotopic (exact) mass is 550 g/mol. The highest BCUT2D eigenvalue weighted by atomic mass is 35.5. The van der Waals surface area contributed by atoms with E-state index in [1.165, 1.54) is 0 Å². The zero-order valence-corrected chi connectivity index (χ0v) is 23.7. The van der Waals surface area contributed by atoms with Crippen LogP contribution in [0.15, 0.2) is 61.2 Å². The van der Waals surface area contributed by atoms with Crippen LogP contribution in [0.2, 0.25) is 10.0 Å². The second-order valence-corrected chi connectivity index (χ2v) is 13.2. The molecule has 1 N–H and O–H groups in total. The van der Waals surface area contributed by atoms with Gasteiger partial charge in [0.15, 0.2) is 0 Å². The molecule has 2 aromatic carbocycles. The summed E-state index contributed by atoms with van der Waals surface area (Å²) in [6, 6.07) is 14.6. The number of allylic oxidation sites excluding steroid dienone is 1. The van der Waals surface area contributed by atoms with E-state index in [-0.39, 0.29) is 42.1 Å². The van der Waals surface area contributed by atoms with Gasteiger partial charge in [0.05, 0.1) is 17.2 Å². The summed E-state index contributed by atoms with van der Waals surface area (Å²) in [6.07, 6.45) is 2.91. The Balaban J connectivity index is 2.23. The molecule has 1 heterocycles. The molecule has 1 fully saturated rings. The van der Waals surface area contributed by atoms with Gasteiger partial charge in [-0.25, -0.2) is 13.1 Å². The molecule has 4 atom stereocenters. The Kier molecular flexibility index (Phi) is 9.31. The van der Waals surface area contributed by atoms with Crippen molar-refractivity contribution in [3.8, 4) is 0 Å². The SMILES string of the molecule is C=CC[C@@]1(C)C[C@H](c2cccc(Cl)c2)[C@@H](c2ccc(Cl)cc2)N(C(CNS(=O)(=O)CC)C(C)C)C1=O. The van der Waals surface area contributed by atoms with Crippen LogP contribution in [0.4, 0.5) is 0 Å². The van der Waals surface area contributed by atoms with Crippen molar-refractivity contribution in [1.29, 1.82) is 0 Å². The van der Waals surface area contributed by atoms with Gasteiger partial charge in [0.25, 0.3) is 0 Å². The van der Waals surface area contributed by atoms with Gasteiger partial charge in [-0.1, -0.05) is 74.3 Å². The van der Waals surface area contributed by atoms with Crippen LogP contribution < -0.4 is 4.72 Å². The first-order valence-corrected chi connectivity index (χ1v) is 14.7. The molecule has 1 aliphatic heterocycles. The van der Waals surface area contributed by atoms with Crippen molar-refractivity contribution in [2.75, 3.05) is 12.3 Å². The van der Waals surface area contributed by atoms with E-state index in [2.05, 4.69) is 11.3 Å². The zero-order valence-electron chi connectivity index (χ0n) is 21.4. The number of hydrogen-bond donors (Lipinski definition) is 1. The van der Waals surface area contributed by atoms with Gasteiger partial charge in [-0.05, 0) is 61.1 Å². The Labute approximate surface area is 225 Å². The van der Waals surface area contributed by atoms with E-state index in [0.29, 0.717) is 22.9 Å². The lowest BCUT2D eigenvalue weighted by Crippen LogP contribution is -2.59. The minimum Gasteiger partial charge on any atom is -0.330 e. The van der Waals surface area contributed by atoms with Crippen LogP contribution in [0.25, 0.3) is 0 Å². The Morgan fingerprint density at radius 3 is 2.36 bits per heavy atom. The lowest BCUT2D eigenvalue weighted by atomic mass is 9.66. The van der Waals surface area contributed by atoms with E-state index >= 15 is 0 Å². The number of carbonyl (C=O) groups is 1. The van der Waals surface area contributed by atoms with Crippen molar-refractivity contribution >= 4 is 39.1 Å². The van der Waals surface area contributed by atoms with E-state index in [1.54, 1.807) is 13.0 Å². The summed E-state index contributed by atoms with van der Waals surface area (Å²) in [4.78, 5) is 16.2. The van der Waals surface area contributed by atoms with Gasteiger partial charge in [0, 0.05) is 28.5 Å². The molecule has 1 aliphatic rings. The van der Waals surface area contributed by atoms with Gasteiger partial charge in [0.2, 0.25) is 15.9 Å². The van der Waals surface area contributed by atoms with Crippen molar-refractivity contribution < 1.29 is 13.2 Å². The molecule has 36 heavy (non-hydrogen) atoms. The predicted octanol–water partition coefficient (Wildman–Crippen LogP) is 6.60. The molecule has 8 heteroatoms. The number of rotatable bonds is 10. The first-order chi connectivity index (χ1) is 16.9. The molecule has 0 radical (unpaired) electrons. The Hall–Kier alpha value is -1.86. The standard InChI is InChI=1S/C28H36Cl2N2O3S/c1-6-15-28(5)17-24(21-9-8-10-23(30)16-21)26(20-11-13-22(29)14-12-20)32(27(28)33)25(19(3)4)18-31-36(34,35)7-2/h6,8-14,16,19,24-26,31H,1,7,15,17-18H2,2-5H3/t24-,25?,26-,28+/m1/s1. The Morgan fingerprint density at radius 1 is 1.14 bits per heavy atom. The quantitative estimate of drug-likeness (QED) is 0.339. The summed E-state index contributed by atoms with van der Waals surface area (Å²) < 4.78 is 27.5. The maximum Gasteiger partial charge on any atom is 0.229 e. The van der Waals surface area contributed by atoms with Crippen LogP contribution >= 0.6 is 23.2 Å². The number of halogens is 2. The number of sulfonamides is 1. The molecule has 3 rings (SSSR count). The highest BCUT2D eigenvalue weighted by molar-refractivity contribution is 7.89. The van der Waals surface area contributed by atoms with Gasteiger partial charge in [-0.15, -0.1) is 6.58 Å². The number of hydrogen-bond acceptors (Lipinski definition) is 3. The largest absolute Gasteiger partial charge is 0.330 e. The summed E-state index contributed by atoms with van der Waals surface area (Å²) in [5.74, 6) is -0.105. The van der Waals surface area contributed by atoms with Crippen molar-refractivity contribution in [2.45, 2.75) is 58.5 Å². The van der Waals surface area contributed by atoms with Crippen molar-refractivity contribution in [1.82, 2.24) is 9.62 Å². The van der Waals surface area contributed by atoms with E-state index in [0.717, 1.165) is 11.1 Å². The molecule has 1 unspecified atom stereocenters. The fraction of sp³-hybridized carbons (Fsp3) is 0.464. The number of likely N-dealkylation sites (tertiary alicyclic amines) is 1. The number of nitrogens with zero attached hydrogens (tertiary/aromatic N) is 1. The minimum absolute atomic E-state index is 0.00461. The van der Waals surface area contributed by atoms with Crippen molar-refractivity contribution in [2.24, 2.45) is 11.3 Å². The molecule has 0 aliphatic carbocycles. The number of piperidine rings is 1. The van der Waals surface area contributed by atoms with E-state index in [4.69, 9.17) is 23.2 Å². The summed E-state index contributed by atoms with van der Waals surface area (Å²) in [7, 11) is -3.44. The number of carbonyl (C=O) groups excluding carboxylic acids is 1. The molecule has 0 spiro atoms. The van der Waals surface area contributed by atoms with Gasteiger partial charge in [-0.2, -0.15) is 0 Å². The molecule has 5 nitrogen and oxygen atoms in total. The van der Waals surface area contributed by atoms with Crippen LogP contribution in [0.1, 0.15) is 63.6 Å². The average molecular weight is 552 g/mol. The van der Waals surface area contributed by atoms with Gasteiger partial charge in [0.1, 0.15) is 0 Å². The molecule has 0 bridgehead atoms. The van der Waals surface area contributed by atoms with E-state index in [9.17, 15) is 13.2 Å². The van der Waals surface area contributed by atoms with Crippen LogP contribution in [0.5, 0.6) is 0 Å². The highest BCUT2D eigenvalue weighted by Gasteiger charge is 2.51. The minimum atomic E-state index is -3.44. The molecule has 2 aromatic rings. The molecule has 0 aromatic heterocycles. The molecular formula is C28H36Cl2N2O3S. The third-order valence-electron chi connectivity index (χ3n) is 7.20. The highest BCUT2D eigenvalue weighted by Crippen LogP contribution is 2.52. The average Bonchev–Trinajstić information content (AvgIpc) is 2.82. The normalized spacial score (nSPS) is 23.6. The second-order valence-electron chi connectivity index (χ2n) is 10.2. The molecule has 1 saturated heterocycles. The molecular weight excluding hydrogens is 515 g/mol. The summed E-state index contributed by atoms with van der Waals surface area (Å²) in [5, 5.41) is 1.24. The fourth-order valence-corrected chi connectivity index (χ4v) is 6.18. The van der Waals surface area contributed by atoms with Crippen LogP contribution in [-0.4, -0.2) is 37.6 Å². The Morgan fingerprint density at radius 2 is 1.81 bits per heavy atom. The summed E-state index contributed by atoms with van der Waals surface area (Å²) >= 11 is 12.6. The lowest BCUT2D eigenvalue weighted by molar-refractivity contribution is -0.155. The smallest absolute Gasteiger partial charge is 0.229 e. The van der Waals surface area contributed by atoms with Crippen LogP contribution in [0, 0.1) is 11.3 Å². The van der Waals surface area contributed by atoms with Crippen LogP contribution in [0.3, 0.4) is 0 Å². The first kappa shape index (κ1) is 28.7. The number of benzene rings is 2. The van der Waals surface area contributed by atoms with Gasteiger partial charge >= 0.3 is 0 Å². The van der Waals surface area contributed by atoms with Crippen molar-refractivity contribution in [3.63, 3.8) is 0 Å². The molecule has 196 valence electrons. The topological polar surface area (TPSA) is 66.5 Å². The van der Waals surface area contributed by atoms with Gasteiger partial charge in [-0.3, -0.25) is 4.79 Å². The first-order valence-electron chi connectivity index (χ1n) is 12.3. The van der Waals surface area contributed by atoms with Crippen LogP contribution in [-0.2, 0) is 14.8 Å². The summed E-state index contributed by atoms with van der Waals surface area (Å²) in [6.45, 7) is 11.7. The zero-order chi connectivity index (χ0) is 26.7. The van der Waals surface area contributed by atoms with Gasteiger partial charge < -0.3 is 4.90 Å². The second kappa shape index (κ2) is 11.7. The molecule has 0 saturated carbocycles. The maximum absolute atomic E-state index is 14.3. The van der Waals surface area contributed by atoms with Crippen molar-refractivity contribution in [3.05, 3.63) is 82.4 Å². The maximum atomic E-state index is 14.3.